The predicted octanol–water partition coefficient (Wildman–Crippen LogP) is 4.07. The predicted molar refractivity (Wildman–Crippen MR) is 111 cm³/mol. The summed E-state index contributed by atoms with van der Waals surface area (Å²) in [4.78, 5) is 23.2. The van der Waals surface area contributed by atoms with Crippen molar-refractivity contribution in [3.05, 3.63) is 69.8 Å². The molecule has 1 aromatic carbocycles. The number of aryl methyl sites for hydroxylation is 1. The van der Waals surface area contributed by atoms with Crippen LogP contribution in [0.25, 0.3) is 0 Å². The monoisotopic (exact) mass is 469 g/mol. The summed E-state index contributed by atoms with van der Waals surface area (Å²) in [6.07, 6.45) is 1.11. The second-order valence-electron chi connectivity index (χ2n) is 6.65. The molecule has 0 amide bonds. The highest BCUT2D eigenvalue weighted by molar-refractivity contribution is 7.91. The van der Waals surface area contributed by atoms with Gasteiger partial charge in [0.1, 0.15) is 29.3 Å². The third kappa shape index (κ3) is 4.83. The number of aromatic nitrogens is 3. The number of ether oxygens (including phenoxy) is 1. The Labute approximate surface area is 182 Å². The van der Waals surface area contributed by atoms with E-state index in [9.17, 15) is 17.8 Å². The van der Waals surface area contributed by atoms with Crippen LogP contribution in [-0.2, 0) is 14.5 Å². The summed E-state index contributed by atoms with van der Waals surface area (Å²) in [7, 11) is -2.27. The van der Waals surface area contributed by atoms with Gasteiger partial charge in [0.25, 0.3) is 0 Å². The molecule has 164 valence electrons. The number of nitrogens with zero attached hydrogens (tertiary/aromatic N) is 2. The maximum atomic E-state index is 13.7. The lowest BCUT2D eigenvalue weighted by Gasteiger charge is -2.19. The van der Waals surface area contributed by atoms with Crippen molar-refractivity contribution in [2.24, 2.45) is 0 Å². The van der Waals surface area contributed by atoms with Crippen LogP contribution >= 0.6 is 11.6 Å². The van der Waals surface area contributed by atoms with Crippen LogP contribution in [0.2, 0.25) is 5.02 Å². The Hall–Kier alpha value is -3.05. The van der Waals surface area contributed by atoms with Gasteiger partial charge in [0.15, 0.2) is 10.7 Å². The quantitative estimate of drug-likeness (QED) is 0.468. The number of carbonyl (C=O) groups excluding carboxylic acids is 1. The van der Waals surface area contributed by atoms with Crippen LogP contribution in [0.4, 0.5) is 14.6 Å². The van der Waals surface area contributed by atoms with E-state index in [1.165, 1.54) is 31.2 Å². The summed E-state index contributed by atoms with van der Waals surface area (Å²) in [5.74, 6) is -1.67. The molecule has 0 aliphatic rings. The topological polar surface area (TPSA) is 121 Å². The van der Waals surface area contributed by atoms with Gasteiger partial charge >= 0.3 is 5.97 Å². The zero-order chi connectivity index (χ0) is 22.9. The summed E-state index contributed by atoms with van der Waals surface area (Å²) in [6.45, 7) is 1.48. The Balaban J connectivity index is 2.18. The number of benzene rings is 1. The number of hydrogen-bond acceptors (Lipinski definition) is 7. The van der Waals surface area contributed by atoms with Crippen molar-refractivity contribution in [2.45, 2.75) is 18.0 Å². The van der Waals surface area contributed by atoms with Gasteiger partial charge in [0.2, 0.25) is 0 Å². The largest absolute Gasteiger partial charge is 0.464 e. The number of methoxy groups -OCH3 is 1. The molecular formula is C19H18ClF2N5O3S. The van der Waals surface area contributed by atoms with Crippen molar-refractivity contribution in [1.29, 1.82) is 4.78 Å². The Morgan fingerprint density at radius 1 is 1.26 bits per heavy atom. The molecule has 0 saturated carbocycles. The van der Waals surface area contributed by atoms with Crippen molar-refractivity contribution in [1.82, 2.24) is 15.0 Å². The highest BCUT2D eigenvalue weighted by Gasteiger charge is 2.28. The molecule has 3 rings (SSSR count). The second-order valence-corrected chi connectivity index (χ2v) is 9.13. The summed E-state index contributed by atoms with van der Waals surface area (Å²) >= 11 is 5.93. The van der Waals surface area contributed by atoms with E-state index in [4.69, 9.17) is 16.4 Å². The van der Waals surface area contributed by atoms with Crippen LogP contribution in [-0.4, -0.2) is 38.5 Å². The Morgan fingerprint density at radius 3 is 2.52 bits per heavy atom. The van der Waals surface area contributed by atoms with Crippen LogP contribution in [0, 0.1) is 23.3 Å². The smallest absolute Gasteiger partial charge is 0.357 e. The van der Waals surface area contributed by atoms with Gasteiger partial charge in [-0.3, -0.25) is 0 Å². The number of aromatic amines is 1. The molecule has 0 aliphatic carbocycles. The highest BCUT2D eigenvalue weighted by atomic mass is 35.5. The fourth-order valence-electron chi connectivity index (χ4n) is 2.81. The number of nitrogens with one attached hydrogen (secondary N) is 3. The fraction of sp³-hybridized carbons (Fsp3) is 0.211. The van der Waals surface area contributed by atoms with E-state index in [0.29, 0.717) is 5.56 Å². The molecule has 0 aliphatic heterocycles. The van der Waals surface area contributed by atoms with Crippen molar-refractivity contribution in [3.63, 3.8) is 0 Å². The lowest BCUT2D eigenvalue weighted by atomic mass is 10.1. The number of esters is 1. The minimum atomic E-state index is -3.41. The first-order chi connectivity index (χ1) is 14.5. The zero-order valence-corrected chi connectivity index (χ0v) is 18.2. The van der Waals surface area contributed by atoms with Gasteiger partial charge < -0.3 is 15.0 Å². The minimum absolute atomic E-state index is 0.0728. The SMILES string of the molecule is COC(=O)c1[nH]c(C(Nc2ccc(F)c(C)n2)c2ccc(F)c(Cl)c2)nc1S(C)(=N)=O. The van der Waals surface area contributed by atoms with E-state index in [1.807, 2.05) is 0 Å². The lowest BCUT2D eigenvalue weighted by Crippen LogP contribution is -2.16. The molecule has 2 aromatic heterocycles. The molecule has 2 unspecified atom stereocenters. The van der Waals surface area contributed by atoms with Crippen LogP contribution in [0.5, 0.6) is 0 Å². The van der Waals surface area contributed by atoms with Crippen LogP contribution < -0.4 is 5.32 Å². The average Bonchev–Trinajstić information content (AvgIpc) is 3.16. The lowest BCUT2D eigenvalue weighted by molar-refractivity contribution is 0.0590. The molecule has 2 atom stereocenters. The minimum Gasteiger partial charge on any atom is -0.464 e. The summed E-state index contributed by atoms with van der Waals surface area (Å²) in [5, 5.41) is 2.56. The first-order valence-corrected chi connectivity index (χ1v) is 11.1. The molecule has 2 heterocycles. The van der Waals surface area contributed by atoms with Crippen LogP contribution in [0.15, 0.2) is 35.4 Å². The van der Waals surface area contributed by atoms with Crippen molar-refractivity contribution in [3.8, 4) is 0 Å². The second kappa shape index (κ2) is 8.60. The van der Waals surface area contributed by atoms with Gasteiger partial charge in [-0.1, -0.05) is 17.7 Å². The highest BCUT2D eigenvalue weighted by Crippen LogP contribution is 2.29. The van der Waals surface area contributed by atoms with E-state index < -0.39 is 33.4 Å². The van der Waals surface area contributed by atoms with Gasteiger partial charge in [0, 0.05) is 6.26 Å². The number of imidazole rings is 1. The van der Waals surface area contributed by atoms with Gasteiger partial charge in [-0.25, -0.2) is 32.5 Å². The maximum absolute atomic E-state index is 13.7. The van der Waals surface area contributed by atoms with Crippen LogP contribution in [0.1, 0.15) is 33.6 Å². The molecule has 31 heavy (non-hydrogen) atoms. The zero-order valence-electron chi connectivity index (χ0n) is 16.6. The summed E-state index contributed by atoms with van der Waals surface area (Å²) in [5.41, 5.74) is 0.307. The fourth-order valence-corrected chi connectivity index (χ4v) is 3.79. The number of hydrogen-bond donors (Lipinski definition) is 3. The molecular weight excluding hydrogens is 452 g/mol. The molecule has 0 radical (unpaired) electrons. The molecule has 8 nitrogen and oxygen atoms in total. The summed E-state index contributed by atoms with van der Waals surface area (Å²) in [6, 6.07) is 5.63. The third-order valence-corrected chi connectivity index (χ3v) is 5.63. The van der Waals surface area contributed by atoms with Crippen molar-refractivity contribution in [2.75, 3.05) is 18.7 Å². The molecule has 3 N–H and O–H groups in total. The van der Waals surface area contributed by atoms with Gasteiger partial charge in [0.05, 0.1) is 27.6 Å². The van der Waals surface area contributed by atoms with Gasteiger partial charge in [-0.15, -0.1) is 0 Å². The molecule has 0 bridgehead atoms. The number of carbonyl (C=O) groups is 1. The van der Waals surface area contributed by atoms with Gasteiger partial charge in [-0.05, 0) is 36.8 Å². The normalized spacial score (nSPS) is 14.0. The Kier molecular flexibility index (Phi) is 6.27. The Morgan fingerprint density at radius 2 is 1.94 bits per heavy atom. The van der Waals surface area contributed by atoms with E-state index in [-0.39, 0.29) is 33.1 Å². The molecule has 3 aromatic rings. The van der Waals surface area contributed by atoms with E-state index in [0.717, 1.165) is 19.4 Å². The number of pyridine rings is 1. The van der Waals surface area contributed by atoms with Crippen molar-refractivity contribution >= 4 is 33.1 Å². The average molecular weight is 470 g/mol. The number of rotatable bonds is 6. The first kappa shape index (κ1) is 22.6. The van der Waals surface area contributed by atoms with E-state index in [2.05, 4.69) is 25.0 Å². The first-order valence-electron chi connectivity index (χ1n) is 8.78. The summed E-state index contributed by atoms with van der Waals surface area (Å²) < 4.78 is 52.3. The number of anilines is 1. The third-order valence-electron chi connectivity index (χ3n) is 4.31. The number of H-pyrrole nitrogens is 1. The number of halogens is 3. The molecule has 0 saturated heterocycles. The van der Waals surface area contributed by atoms with Crippen LogP contribution in [0.3, 0.4) is 0 Å². The molecule has 12 heteroatoms. The Bertz CT molecular complexity index is 1260. The standard InChI is InChI=1S/C19H18ClF2N5O3S/c1-9-12(21)6-7-14(24-9)25-15(10-4-5-13(22)11(20)8-10)17-26-16(19(28)30-2)18(27-17)31(3,23)29/h4-8,15,23H,1-3H3,(H,24,25)(H,26,27). The van der Waals surface area contributed by atoms with Gasteiger partial charge in [-0.2, -0.15) is 0 Å². The van der Waals surface area contributed by atoms with Crippen molar-refractivity contribution < 1.29 is 22.5 Å². The van der Waals surface area contributed by atoms with E-state index >= 15 is 0 Å². The molecule has 0 fully saturated rings. The molecule has 0 spiro atoms. The maximum Gasteiger partial charge on any atom is 0.357 e. The van der Waals surface area contributed by atoms with E-state index in [1.54, 1.807) is 0 Å².